The van der Waals surface area contributed by atoms with Gasteiger partial charge in [0.05, 0.1) is 26.4 Å². The van der Waals surface area contributed by atoms with Crippen LogP contribution in [0, 0.1) is 0 Å². The van der Waals surface area contributed by atoms with Crippen molar-refractivity contribution in [3.63, 3.8) is 0 Å². The Morgan fingerprint density at radius 3 is 3.00 bits per heavy atom. The summed E-state index contributed by atoms with van der Waals surface area (Å²) in [6, 6.07) is 13.9. The van der Waals surface area contributed by atoms with Gasteiger partial charge >= 0.3 is 0 Å². The number of methoxy groups -OCH3 is 1. The molecule has 1 aliphatic heterocycles. The Balaban J connectivity index is 1.68. The molecule has 0 saturated heterocycles. The molecule has 0 fully saturated rings. The number of benzene rings is 2. The third-order valence-electron chi connectivity index (χ3n) is 3.99. The molecule has 0 saturated carbocycles. The number of rotatable bonds is 6. The molecular weight excluding hydrogens is 278 g/mol. The fraction of sp³-hybridized carbons (Fsp3) is 0.333. The monoisotopic (exact) mass is 299 g/mol. The van der Waals surface area contributed by atoms with Crippen LogP contribution in [0.4, 0.5) is 0 Å². The highest BCUT2D eigenvalue weighted by Gasteiger charge is 2.14. The van der Waals surface area contributed by atoms with Gasteiger partial charge in [-0.05, 0) is 34.9 Å². The SMILES string of the molecule is COc1cccc(C(CO)NCc2ccc3c(c2)CCO3)c1. The van der Waals surface area contributed by atoms with Gasteiger partial charge in [-0.2, -0.15) is 0 Å². The molecule has 2 N–H and O–H groups in total. The molecule has 4 heteroatoms. The lowest BCUT2D eigenvalue weighted by Gasteiger charge is -2.17. The van der Waals surface area contributed by atoms with Crippen LogP contribution >= 0.6 is 0 Å². The van der Waals surface area contributed by atoms with E-state index >= 15 is 0 Å². The summed E-state index contributed by atoms with van der Waals surface area (Å²) < 4.78 is 10.8. The van der Waals surface area contributed by atoms with E-state index < -0.39 is 0 Å². The maximum absolute atomic E-state index is 9.65. The van der Waals surface area contributed by atoms with Crippen molar-refractivity contribution in [1.29, 1.82) is 0 Å². The van der Waals surface area contributed by atoms with Crippen LogP contribution in [0.1, 0.15) is 22.7 Å². The smallest absolute Gasteiger partial charge is 0.122 e. The Morgan fingerprint density at radius 1 is 1.27 bits per heavy atom. The Kier molecular flexibility index (Phi) is 4.61. The zero-order valence-corrected chi connectivity index (χ0v) is 12.7. The number of aliphatic hydroxyl groups excluding tert-OH is 1. The van der Waals surface area contributed by atoms with Gasteiger partial charge in [0, 0.05) is 13.0 Å². The second-order valence-electron chi connectivity index (χ2n) is 5.43. The summed E-state index contributed by atoms with van der Waals surface area (Å²) >= 11 is 0. The van der Waals surface area contributed by atoms with E-state index in [4.69, 9.17) is 9.47 Å². The minimum atomic E-state index is -0.111. The first-order valence-corrected chi connectivity index (χ1v) is 7.53. The van der Waals surface area contributed by atoms with Crippen molar-refractivity contribution in [1.82, 2.24) is 5.32 Å². The van der Waals surface area contributed by atoms with Crippen LogP contribution in [-0.2, 0) is 13.0 Å². The molecule has 1 atom stereocenters. The predicted molar refractivity (Wildman–Crippen MR) is 85.3 cm³/mol. The number of hydrogen-bond donors (Lipinski definition) is 2. The molecule has 3 rings (SSSR count). The summed E-state index contributed by atoms with van der Waals surface area (Å²) in [5.41, 5.74) is 3.48. The van der Waals surface area contributed by atoms with Crippen LogP contribution in [0.5, 0.6) is 11.5 Å². The van der Waals surface area contributed by atoms with Gasteiger partial charge in [-0.15, -0.1) is 0 Å². The number of nitrogens with one attached hydrogen (secondary N) is 1. The highest BCUT2D eigenvalue weighted by molar-refractivity contribution is 5.40. The summed E-state index contributed by atoms with van der Waals surface area (Å²) in [6.07, 6.45) is 0.975. The van der Waals surface area contributed by atoms with Crippen LogP contribution in [0.15, 0.2) is 42.5 Å². The zero-order valence-electron chi connectivity index (χ0n) is 12.7. The Hall–Kier alpha value is -2.04. The number of ether oxygens (including phenoxy) is 2. The summed E-state index contributed by atoms with van der Waals surface area (Å²) in [5.74, 6) is 1.79. The predicted octanol–water partition coefficient (Wildman–Crippen LogP) is 2.45. The molecule has 4 nitrogen and oxygen atoms in total. The molecule has 1 unspecified atom stereocenters. The van der Waals surface area contributed by atoms with Crippen molar-refractivity contribution in [2.24, 2.45) is 0 Å². The van der Waals surface area contributed by atoms with Gasteiger partial charge in [0.25, 0.3) is 0 Å². The summed E-state index contributed by atoms with van der Waals surface area (Å²) in [6.45, 7) is 1.52. The van der Waals surface area contributed by atoms with E-state index in [0.29, 0.717) is 6.54 Å². The van der Waals surface area contributed by atoms with Gasteiger partial charge in [-0.1, -0.05) is 24.3 Å². The molecule has 1 aliphatic rings. The zero-order chi connectivity index (χ0) is 15.4. The average Bonchev–Trinajstić information content (AvgIpc) is 3.03. The van der Waals surface area contributed by atoms with E-state index in [0.717, 1.165) is 30.1 Å². The summed E-state index contributed by atoms with van der Waals surface area (Å²) in [5, 5.41) is 13.1. The van der Waals surface area contributed by atoms with Crippen molar-refractivity contribution in [3.05, 3.63) is 59.2 Å². The lowest BCUT2D eigenvalue weighted by atomic mass is 10.1. The minimum Gasteiger partial charge on any atom is -0.497 e. The average molecular weight is 299 g/mol. The van der Waals surface area contributed by atoms with Gasteiger partial charge < -0.3 is 19.9 Å². The fourth-order valence-corrected chi connectivity index (χ4v) is 2.74. The largest absolute Gasteiger partial charge is 0.497 e. The summed E-state index contributed by atoms with van der Waals surface area (Å²) in [7, 11) is 1.65. The molecule has 22 heavy (non-hydrogen) atoms. The lowest BCUT2D eigenvalue weighted by Crippen LogP contribution is -2.24. The first-order valence-electron chi connectivity index (χ1n) is 7.53. The molecule has 0 spiro atoms. The van der Waals surface area contributed by atoms with E-state index in [9.17, 15) is 5.11 Å². The van der Waals surface area contributed by atoms with Crippen molar-refractivity contribution < 1.29 is 14.6 Å². The van der Waals surface area contributed by atoms with Gasteiger partial charge in [-0.3, -0.25) is 0 Å². The van der Waals surface area contributed by atoms with Crippen LogP contribution in [0.2, 0.25) is 0 Å². The molecule has 116 valence electrons. The molecule has 0 aromatic heterocycles. The van der Waals surface area contributed by atoms with Crippen molar-refractivity contribution in [2.75, 3.05) is 20.3 Å². The van der Waals surface area contributed by atoms with Crippen molar-refractivity contribution in [2.45, 2.75) is 19.0 Å². The molecule has 0 bridgehead atoms. The first-order chi connectivity index (χ1) is 10.8. The number of fused-ring (bicyclic) bond motifs is 1. The summed E-state index contributed by atoms with van der Waals surface area (Å²) in [4.78, 5) is 0. The normalized spacial score (nSPS) is 14.3. The van der Waals surface area contributed by atoms with Crippen LogP contribution < -0.4 is 14.8 Å². The van der Waals surface area contributed by atoms with Gasteiger partial charge in [-0.25, -0.2) is 0 Å². The standard InChI is InChI=1S/C18H21NO3/c1-21-16-4-2-3-14(10-16)17(12-20)19-11-13-5-6-18-15(9-13)7-8-22-18/h2-6,9-10,17,19-20H,7-8,11-12H2,1H3. The third kappa shape index (κ3) is 3.24. The van der Waals surface area contributed by atoms with Crippen molar-refractivity contribution in [3.8, 4) is 11.5 Å². The van der Waals surface area contributed by atoms with Crippen LogP contribution in [-0.4, -0.2) is 25.4 Å². The molecule has 0 aliphatic carbocycles. The fourth-order valence-electron chi connectivity index (χ4n) is 2.74. The Morgan fingerprint density at radius 2 is 2.18 bits per heavy atom. The highest BCUT2D eigenvalue weighted by Crippen LogP contribution is 2.26. The second-order valence-corrected chi connectivity index (χ2v) is 5.43. The molecule has 2 aromatic carbocycles. The van der Waals surface area contributed by atoms with E-state index in [1.807, 2.05) is 30.3 Å². The first kappa shape index (κ1) is 14.9. The second kappa shape index (κ2) is 6.81. The Labute approximate surface area is 130 Å². The maximum atomic E-state index is 9.65. The van der Waals surface area contributed by atoms with Crippen molar-refractivity contribution >= 4 is 0 Å². The molecule has 0 amide bonds. The third-order valence-corrected chi connectivity index (χ3v) is 3.99. The number of aliphatic hydroxyl groups is 1. The highest BCUT2D eigenvalue weighted by atomic mass is 16.5. The van der Waals surface area contributed by atoms with E-state index in [-0.39, 0.29) is 12.6 Å². The quantitative estimate of drug-likeness (QED) is 0.860. The minimum absolute atomic E-state index is 0.0429. The molecule has 0 radical (unpaired) electrons. The van der Waals surface area contributed by atoms with E-state index in [1.165, 1.54) is 11.1 Å². The van der Waals surface area contributed by atoms with Gasteiger partial charge in [0.15, 0.2) is 0 Å². The van der Waals surface area contributed by atoms with Gasteiger partial charge in [0.1, 0.15) is 11.5 Å². The molecule has 2 aromatic rings. The lowest BCUT2D eigenvalue weighted by molar-refractivity contribution is 0.243. The van der Waals surface area contributed by atoms with Gasteiger partial charge in [0.2, 0.25) is 0 Å². The topological polar surface area (TPSA) is 50.7 Å². The Bertz CT molecular complexity index is 642. The molecular formula is C18H21NO3. The maximum Gasteiger partial charge on any atom is 0.122 e. The van der Waals surface area contributed by atoms with E-state index in [1.54, 1.807) is 7.11 Å². The molecule has 1 heterocycles. The van der Waals surface area contributed by atoms with E-state index in [2.05, 4.69) is 17.4 Å². The van der Waals surface area contributed by atoms with Crippen LogP contribution in [0.3, 0.4) is 0 Å². The van der Waals surface area contributed by atoms with Crippen LogP contribution in [0.25, 0.3) is 0 Å². The number of hydrogen-bond acceptors (Lipinski definition) is 4.